The summed E-state index contributed by atoms with van der Waals surface area (Å²) in [6.45, 7) is 12.7. The first kappa shape index (κ1) is 26.8. The number of aromatic nitrogens is 4. The van der Waals surface area contributed by atoms with E-state index in [1.165, 1.54) is 0 Å². The summed E-state index contributed by atoms with van der Waals surface area (Å²) in [7, 11) is 3.85. The van der Waals surface area contributed by atoms with Crippen molar-refractivity contribution in [1.82, 2.24) is 24.6 Å². The lowest BCUT2D eigenvalue weighted by atomic mass is 9.97. The molecule has 0 saturated heterocycles. The zero-order chi connectivity index (χ0) is 28.9. The zero-order valence-corrected chi connectivity index (χ0v) is 23.8. The van der Waals surface area contributed by atoms with Gasteiger partial charge >= 0.3 is 0 Å². The van der Waals surface area contributed by atoms with Gasteiger partial charge in [-0.05, 0) is 80.3 Å². The molecule has 0 bridgehead atoms. The Kier molecular flexibility index (Phi) is 6.68. The molecule has 1 aliphatic heterocycles. The van der Waals surface area contributed by atoms with Crippen LogP contribution in [0, 0.1) is 6.57 Å². The van der Waals surface area contributed by atoms with Crippen LogP contribution in [0.2, 0.25) is 0 Å². The van der Waals surface area contributed by atoms with E-state index in [4.69, 9.17) is 11.6 Å². The Labute approximate surface area is 239 Å². The summed E-state index contributed by atoms with van der Waals surface area (Å²) in [6.07, 6.45) is 3.81. The summed E-state index contributed by atoms with van der Waals surface area (Å²) in [5.74, 6) is 1.62. The number of likely N-dealkylation sites (N-methyl/N-ethyl adjacent to an activating group) is 1. The van der Waals surface area contributed by atoms with Gasteiger partial charge in [0.15, 0.2) is 11.5 Å². The Morgan fingerprint density at radius 2 is 1.90 bits per heavy atom. The normalized spacial score (nSPS) is 15.0. The number of benzene rings is 2. The Morgan fingerprint density at radius 3 is 2.59 bits per heavy atom. The van der Waals surface area contributed by atoms with E-state index in [2.05, 4.69) is 32.1 Å². The summed E-state index contributed by atoms with van der Waals surface area (Å²) in [5.41, 5.74) is 6.07. The Balaban J connectivity index is 1.36. The number of amides is 1. The number of carbonyl (C=O) groups excluding carboxylic acids is 1. The second-order valence-electron chi connectivity index (χ2n) is 11.9. The van der Waals surface area contributed by atoms with Crippen molar-refractivity contribution in [2.45, 2.75) is 51.3 Å². The molecule has 1 amide bonds. The minimum Gasteiger partial charge on any atom is -0.389 e. The molecule has 3 heterocycles. The predicted octanol–water partition coefficient (Wildman–Crippen LogP) is 5.34. The lowest BCUT2D eigenvalue weighted by molar-refractivity contribution is 0.0424. The van der Waals surface area contributed by atoms with Gasteiger partial charge in [-0.15, -0.1) is 10.2 Å². The first-order valence-electron chi connectivity index (χ1n) is 13.8. The van der Waals surface area contributed by atoms with Gasteiger partial charge in [0.2, 0.25) is 0 Å². The Morgan fingerprint density at radius 1 is 1.10 bits per heavy atom. The summed E-state index contributed by atoms with van der Waals surface area (Å²) >= 11 is 0. The zero-order valence-electron chi connectivity index (χ0n) is 23.8. The van der Waals surface area contributed by atoms with Crippen LogP contribution >= 0.6 is 0 Å². The van der Waals surface area contributed by atoms with Crippen LogP contribution in [-0.4, -0.2) is 54.9 Å². The molecule has 9 heteroatoms. The first-order chi connectivity index (χ1) is 19.6. The van der Waals surface area contributed by atoms with Crippen LogP contribution in [0.1, 0.15) is 59.8 Å². The SMILES string of the molecule is [C-]#[N+]c1ccc(-c2cc(C3CC3)nc(N3Cc4ccc(CN(C)CC(C)(C)O)cc4C3=O)c2)c(-c2nncn2C)c1. The van der Waals surface area contributed by atoms with Gasteiger partial charge in [0, 0.05) is 42.9 Å². The number of fused-ring (bicyclic) bond motifs is 1. The maximum atomic E-state index is 13.8. The van der Waals surface area contributed by atoms with Crippen molar-refractivity contribution in [2.75, 3.05) is 18.5 Å². The third-order valence-corrected chi connectivity index (χ3v) is 7.59. The van der Waals surface area contributed by atoms with Crippen LogP contribution < -0.4 is 4.90 Å². The lowest BCUT2D eigenvalue weighted by Gasteiger charge is -2.25. The second kappa shape index (κ2) is 10.2. The number of pyridine rings is 1. The Bertz CT molecular complexity index is 1690. The second-order valence-corrected chi connectivity index (χ2v) is 11.9. The monoisotopic (exact) mass is 547 g/mol. The summed E-state index contributed by atoms with van der Waals surface area (Å²) in [5, 5.41) is 18.5. The number of anilines is 1. The van der Waals surface area contributed by atoms with E-state index >= 15 is 0 Å². The smallest absolute Gasteiger partial charge is 0.260 e. The number of aryl methyl sites for hydroxylation is 1. The van der Waals surface area contributed by atoms with Crippen LogP contribution in [0.3, 0.4) is 0 Å². The van der Waals surface area contributed by atoms with E-state index in [1.54, 1.807) is 25.1 Å². The maximum Gasteiger partial charge on any atom is 0.260 e. The van der Waals surface area contributed by atoms with Crippen LogP contribution in [0.4, 0.5) is 11.5 Å². The molecular formula is C32H33N7O2. The van der Waals surface area contributed by atoms with Gasteiger partial charge in [-0.3, -0.25) is 14.6 Å². The molecule has 0 atom stereocenters. The quantitative estimate of drug-likeness (QED) is 0.300. The molecule has 1 fully saturated rings. The minimum atomic E-state index is -0.795. The highest BCUT2D eigenvalue weighted by molar-refractivity contribution is 6.10. The average Bonchev–Trinajstić information content (AvgIpc) is 3.62. The van der Waals surface area contributed by atoms with Crippen LogP contribution in [0.25, 0.3) is 27.4 Å². The molecule has 2 aromatic heterocycles. The van der Waals surface area contributed by atoms with E-state index in [0.29, 0.717) is 48.4 Å². The lowest BCUT2D eigenvalue weighted by Crippen LogP contribution is -2.35. The molecule has 0 spiro atoms. The topological polar surface area (TPSA) is 91.7 Å². The number of aliphatic hydroxyl groups is 1. The molecule has 2 aromatic carbocycles. The van der Waals surface area contributed by atoms with E-state index in [-0.39, 0.29) is 5.91 Å². The van der Waals surface area contributed by atoms with Crippen LogP contribution in [-0.2, 0) is 20.1 Å². The first-order valence-corrected chi connectivity index (χ1v) is 13.8. The fourth-order valence-electron chi connectivity index (χ4n) is 5.64. The van der Waals surface area contributed by atoms with Gasteiger partial charge < -0.3 is 9.67 Å². The highest BCUT2D eigenvalue weighted by Crippen LogP contribution is 2.43. The molecule has 1 N–H and O–H groups in total. The molecular weight excluding hydrogens is 514 g/mol. The molecule has 1 saturated carbocycles. The summed E-state index contributed by atoms with van der Waals surface area (Å²) in [6, 6.07) is 15.7. The van der Waals surface area contributed by atoms with Crippen molar-refractivity contribution in [1.29, 1.82) is 0 Å². The highest BCUT2D eigenvalue weighted by Gasteiger charge is 2.32. The molecule has 208 valence electrons. The van der Waals surface area contributed by atoms with Gasteiger partial charge in [0.1, 0.15) is 12.1 Å². The number of hydrogen-bond donors (Lipinski definition) is 1. The summed E-state index contributed by atoms with van der Waals surface area (Å²) in [4.78, 5) is 26.2. The van der Waals surface area contributed by atoms with Crippen molar-refractivity contribution >= 4 is 17.4 Å². The molecule has 0 radical (unpaired) electrons. The molecule has 41 heavy (non-hydrogen) atoms. The van der Waals surface area contributed by atoms with Crippen molar-refractivity contribution < 1.29 is 9.90 Å². The molecule has 1 aliphatic carbocycles. The van der Waals surface area contributed by atoms with Gasteiger partial charge in [0.25, 0.3) is 5.91 Å². The van der Waals surface area contributed by atoms with Gasteiger partial charge in [0.05, 0.1) is 18.7 Å². The highest BCUT2D eigenvalue weighted by atomic mass is 16.3. The van der Waals surface area contributed by atoms with Crippen molar-refractivity contribution in [2.24, 2.45) is 7.05 Å². The van der Waals surface area contributed by atoms with Gasteiger partial charge in [-0.1, -0.05) is 24.3 Å². The number of carbonyl (C=O) groups is 1. The standard InChI is InChI=1S/C32H33N7O2/c1-32(2,41)18-37(4)16-20-6-7-22-17-39(31(40)26(22)12-20)29-14-23(13-28(35-29)21-8-9-21)25-11-10-24(33-3)15-27(25)30-36-34-19-38(30)5/h6-7,10-15,19,21,41H,8-9,16-18H2,1-2,4-5H3. The fourth-order valence-corrected chi connectivity index (χ4v) is 5.64. The number of nitrogens with zero attached hydrogens (tertiary/aromatic N) is 7. The van der Waals surface area contributed by atoms with Crippen molar-refractivity contribution in [3.05, 3.63) is 88.7 Å². The van der Waals surface area contributed by atoms with Crippen LogP contribution in [0.15, 0.2) is 54.9 Å². The van der Waals surface area contributed by atoms with Gasteiger partial charge in [-0.2, -0.15) is 0 Å². The maximum absolute atomic E-state index is 13.8. The van der Waals surface area contributed by atoms with E-state index in [1.807, 2.05) is 55.1 Å². The van der Waals surface area contributed by atoms with Crippen LogP contribution in [0.5, 0.6) is 0 Å². The fraction of sp³-hybridized carbons (Fsp3) is 0.344. The average molecular weight is 548 g/mol. The molecule has 6 rings (SSSR count). The largest absolute Gasteiger partial charge is 0.389 e. The minimum absolute atomic E-state index is 0.0599. The van der Waals surface area contributed by atoms with Gasteiger partial charge in [-0.25, -0.2) is 9.83 Å². The van der Waals surface area contributed by atoms with Crippen molar-refractivity contribution in [3.63, 3.8) is 0 Å². The van der Waals surface area contributed by atoms with E-state index in [0.717, 1.165) is 46.4 Å². The summed E-state index contributed by atoms with van der Waals surface area (Å²) < 4.78 is 1.84. The van der Waals surface area contributed by atoms with Crippen molar-refractivity contribution in [3.8, 4) is 22.5 Å². The predicted molar refractivity (Wildman–Crippen MR) is 157 cm³/mol. The third kappa shape index (κ3) is 5.49. The van der Waals surface area contributed by atoms with E-state index in [9.17, 15) is 9.90 Å². The molecule has 2 aliphatic rings. The molecule has 9 nitrogen and oxygen atoms in total. The number of rotatable bonds is 8. The Hall–Kier alpha value is -4.39. The molecule has 0 unspecified atom stereocenters. The molecule has 4 aromatic rings. The number of hydrogen-bond acceptors (Lipinski definition) is 6. The van der Waals surface area contributed by atoms with E-state index < -0.39 is 5.60 Å². The third-order valence-electron chi connectivity index (χ3n) is 7.59.